The van der Waals surface area contributed by atoms with E-state index in [1.54, 1.807) is 6.07 Å². The largest absolute Gasteiger partial charge is 0.325 e. The monoisotopic (exact) mass is 374 g/mol. The number of hydrogen-bond acceptors (Lipinski definition) is 2. The number of carbonyl (C=O) groups excluding carboxylic acids is 2. The van der Waals surface area contributed by atoms with E-state index in [0.717, 1.165) is 15.7 Å². The van der Waals surface area contributed by atoms with Crippen LogP contribution in [0.4, 0.5) is 11.4 Å². The lowest BCUT2D eigenvalue weighted by Crippen LogP contribution is -2.36. The minimum atomic E-state index is -0.237. The number of hydrogen-bond donors (Lipinski definition) is 1. The van der Waals surface area contributed by atoms with Crippen molar-refractivity contribution in [1.82, 2.24) is 0 Å². The van der Waals surface area contributed by atoms with Crippen molar-refractivity contribution in [2.75, 3.05) is 16.8 Å². The second-order valence-electron chi connectivity index (χ2n) is 5.40. The SMILES string of the molecule is CC(=O)N(CC(=O)Nc1ccc(C)c(C)c1)c1ccccc1Br. The smallest absolute Gasteiger partial charge is 0.244 e. The predicted molar refractivity (Wildman–Crippen MR) is 96.7 cm³/mol. The minimum Gasteiger partial charge on any atom is -0.325 e. The van der Waals surface area contributed by atoms with E-state index in [-0.39, 0.29) is 18.4 Å². The number of amides is 2. The van der Waals surface area contributed by atoms with Crippen LogP contribution in [0.25, 0.3) is 0 Å². The first-order chi connectivity index (χ1) is 10.9. The van der Waals surface area contributed by atoms with E-state index in [0.29, 0.717) is 5.69 Å². The van der Waals surface area contributed by atoms with Gasteiger partial charge in [0.15, 0.2) is 0 Å². The molecule has 1 N–H and O–H groups in total. The molecule has 0 unspecified atom stereocenters. The summed E-state index contributed by atoms with van der Waals surface area (Å²) in [6, 6.07) is 13.1. The van der Waals surface area contributed by atoms with Gasteiger partial charge in [-0.2, -0.15) is 0 Å². The van der Waals surface area contributed by atoms with Gasteiger partial charge in [-0.05, 0) is 65.2 Å². The van der Waals surface area contributed by atoms with Gasteiger partial charge in [0, 0.05) is 17.1 Å². The molecule has 0 atom stereocenters. The molecule has 0 fully saturated rings. The fraction of sp³-hybridized carbons (Fsp3) is 0.222. The maximum absolute atomic E-state index is 12.3. The Morgan fingerprint density at radius 3 is 2.39 bits per heavy atom. The van der Waals surface area contributed by atoms with Crippen LogP contribution in [0.5, 0.6) is 0 Å². The van der Waals surface area contributed by atoms with Crippen molar-refractivity contribution in [2.45, 2.75) is 20.8 Å². The van der Waals surface area contributed by atoms with Crippen molar-refractivity contribution in [3.05, 3.63) is 58.1 Å². The lowest BCUT2D eigenvalue weighted by atomic mass is 10.1. The van der Waals surface area contributed by atoms with Crippen molar-refractivity contribution in [2.24, 2.45) is 0 Å². The van der Waals surface area contributed by atoms with Crippen molar-refractivity contribution in [3.8, 4) is 0 Å². The van der Waals surface area contributed by atoms with Gasteiger partial charge in [-0.1, -0.05) is 18.2 Å². The Hall–Kier alpha value is -2.14. The number of para-hydroxylation sites is 1. The highest BCUT2D eigenvalue weighted by Crippen LogP contribution is 2.25. The zero-order chi connectivity index (χ0) is 17.0. The molecule has 0 aliphatic rings. The maximum Gasteiger partial charge on any atom is 0.244 e. The molecule has 2 aromatic carbocycles. The molecule has 120 valence electrons. The molecule has 2 aromatic rings. The number of rotatable bonds is 4. The van der Waals surface area contributed by atoms with Crippen molar-refractivity contribution < 1.29 is 9.59 Å². The molecule has 2 amide bonds. The number of nitrogens with zero attached hydrogens (tertiary/aromatic N) is 1. The van der Waals surface area contributed by atoms with Crippen LogP contribution < -0.4 is 10.2 Å². The molecular weight excluding hydrogens is 356 g/mol. The first-order valence-corrected chi connectivity index (χ1v) is 8.07. The molecule has 0 radical (unpaired) electrons. The fourth-order valence-electron chi connectivity index (χ4n) is 2.20. The Labute approximate surface area is 144 Å². The number of carbonyl (C=O) groups is 2. The zero-order valence-corrected chi connectivity index (χ0v) is 15.0. The predicted octanol–water partition coefficient (Wildman–Crippen LogP) is 4.06. The molecule has 0 spiro atoms. The maximum atomic E-state index is 12.3. The summed E-state index contributed by atoms with van der Waals surface area (Å²) in [6.45, 7) is 5.42. The summed E-state index contributed by atoms with van der Waals surface area (Å²) in [7, 11) is 0. The van der Waals surface area contributed by atoms with Gasteiger partial charge in [0.2, 0.25) is 11.8 Å². The highest BCUT2D eigenvalue weighted by molar-refractivity contribution is 9.10. The van der Waals surface area contributed by atoms with E-state index in [1.807, 2.05) is 50.2 Å². The standard InChI is InChI=1S/C18H19BrN2O2/c1-12-8-9-15(10-13(12)2)20-18(23)11-21(14(3)22)17-7-5-4-6-16(17)19/h4-10H,11H2,1-3H3,(H,20,23). The highest BCUT2D eigenvalue weighted by atomic mass is 79.9. The number of halogens is 1. The van der Waals surface area contributed by atoms with Crippen molar-refractivity contribution in [3.63, 3.8) is 0 Å². The number of nitrogens with one attached hydrogen (secondary N) is 1. The quantitative estimate of drug-likeness (QED) is 0.876. The third kappa shape index (κ3) is 4.42. The van der Waals surface area contributed by atoms with Crippen LogP contribution >= 0.6 is 15.9 Å². The zero-order valence-electron chi connectivity index (χ0n) is 13.4. The van der Waals surface area contributed by atoms with Gasteiger partial charge in [0.05, 0.1) is 5.69 Å². The summed E-state index contributed by atoms with van der Waals surface area (Å²) in [5.74, 6) is -0.425. The second-order valence-corrected chi connectivity index (χ2v) is 6.26. The molecule has 0 saturated heterocycles. The molecule has 5 heteroatoms. The molecule has 0 aliphatic carbocycles. The average Bonchev–Trinajstić information content (AvgIpc) is 2.49. The Morgan fingerprint density at radius 1 is 1.09 bits per heavy atom. The first-order valence-electron chi connectivity index (χ1n) is 7.28. The third-order valence-corrected chi connectivity index (χ3v) is 4.29. The van der Waals surface area contributed by atoms with Crippen molar-refractivity contribution >= 4 is 39.1 Å². The van der Waals surface area contributed by atoms with E-state index in [1.165, 1.54) is 17.4 Å². The Kier molecular flexibility index (Phi) is 5.55. The molecule has 4 nitrogen and oxygen atoms in total. The molecule has 0 bridgehead atoms. The molecule has 0 aromatic heterocycles. The van der Waals surface area contributed by atoms with Crippen LogP contribution in [0.1, 0.15) is 18.1 Å². The van der Waals surface area contributed by atoms with Gasteiger partial charge in [0.25, 0.3) is 0 Å². The van der Waals surface area contributed by atoms with Gasteiger partial charge < -0.3 is 10.2 Å². The summed E-state index contributed by atoms with van der Waals surface area (Å²) >= 11 is 3.41. The number of benzene rings is 2. The van der Waals surface area contributed by atoms with Gasteiger partial charge in [0.1, 0.15) is 6.54 Å². The summed E-state index contributed by atoms with van der Waals surface area (Å²) in [5, 5.41) is 2.84. The number of aryl methyl sites for hydroxylation is 2. The average molecular weight is 375 g/mol. The molecule has 0 heterocycles. The summed E-state index contributed by atoms with van der Waals surface area (Å²) in [4.78, 5) is 25.6. The Morgan fingerprint density at radius 2 is 1.78 bits per heavy atom. The van der Waals surface area contributed by atoms with Crippen LogP contribution in [0.2, 0.25) is 0 Å². The molecule has 2 rings (SSSR count). The van der Waals surface area contributed by atoms with Crippen LogP contribution in [0, 0.1) is 13.8 Å². The van der Waals surface area contributed by atoms with E-state index in [2.05, 4.69) is 21.2 Å². The number of anilines is 2. The van der Waals surface area contributed by atoms with Crippen LogP contribution in [0.3, 0.4) is 0 Å². The topological polar surface area (TPSA) is 49.4 Å². The van der Waals surface area contributed by atoms with Crippen LogP contribution in [-0.2, 0) is 9.59 Å². The van der Waals surface area contributed by atoms with Gasteiger partial charge >= 0.3 is 0 Å². The fourth-order valence-corrected chi connectivity index (χ4v) is 2.70. The summed E-state index contributed by atoms with van der Waals surface area (Å²) in [5.41, 5.74) is 3.68. The lowest BCUT2D eigenvalue weighted by Gasteiger charge is -2.22. The molecular formula is C18H19BrN2O2. The van der Waals surface area contributed by atoms with Crippen molar-refractivity contribution in [1.29, 1.82) is 0 Å². The van der Waals surface area contributed by atoms with Crippen LogP contribution in [-0.4, -0.2) is 18.4 Å². The first kappa shape index (κ1) is 17.2. The summed E-state index contributed by atoms with van der Waals surface area (Å²) in [6.07, 6.45) is 0. The van der Waals surface area contributed by atoms with Gasteiger partial charge in [-0.3, -0.25) is 9.59 Å². The third-order valence-electron chi connectivity index (χ3n) is 3.62. The van der Waals surface area contributed by atoms with E-state index < -0.39 is 0 Å². The van der Waals surface area contributed by atoms with Crippen LogP contribution in [0.15, 0.2) is 46.9 Å². The molecule has 0 saturated carbocycles. The van der Waals surface area contributed by atoms with E-state index >= 15 is 0 Å². The van der Waals surface area contributed by atoms with E-state index in [4.69, 9.17) is 0 Å². The Bertz CT molecular complexity index is 744. The van der Waals surface area contributed by atoms with Gasteiger partial charge in [-0.15, -0.1) is 0 Å². The molecule has 23 heavy (non-hydrogen) atoms. The van der Waals surface area contributed by atoms with E-state index in [9.17, 15) is 9.59 Å². The second kappa shape index (κ2) is 7.42. The molecule has 0 aliphatic heterocycles. The normalized spacial score (nSPS) is 10.3. The summed E-state index contributed by atoms with van der Waals surface area (Å²) < 4.78 is 0.772. The lowest BCUT2D eigenvalue weighted by molar-refractivity contribution is -0.120. The Balaban J connectivity index is 2.14. The highest BCUT2D eigenvalue weighted by Gasteiger charge is 2.18. The van der Waals surface area contributed by atoms with Gasteiger partial charge in [-0.25, -0.2) is 0 Å². The minimum absolute atomic E-state index is 0.0368.